The molecule has 1 aliphatic rings. The third-order valence-electron chi connectivity index (χ3n) is 9.14. The number of rotatable bonds is 7. The Hall–Kier alpha value is -6.18. The van der Waals surface area contributed by atoms with Crippen LogP contribution < -0.4 is 21.9 Å². The molecular formula is C39H37F2N7O5. The highest BCUT2D eigenvalue weighted by atomic mass is 19.1. The number of carbonyl (C=O) groups excluding carboxylic acids is 2. The second-order valence-corrected chi connectivity index (χ2v) is 14.1. The van der Waals surface area contributed by atoms with E-state index in [2.05, 4.69) is 20.6 Å². The van der Waals surface area contributed by atoms with Crippen LogP contribution in [0.1, 0.15) is 68.5 Å². The van der Waals surface area contributed by atoms with E-state index >= 15 is 0 Å². The monoisotopic (exact) mass is 721 g/mol. The van der Waals surface area contributed by atoms with Gasteiger partial charge in [-0.2, -0.15) is 0 Å². The van der Waals surface area contributed by atoms with Gasteiger partial charge in [0.15, 0.2) is 5.65 Å². The highest BCUT2D eigenvalue weighted by molar-refractivity contribution is 5.93. The van der Waals surface area contributed by atoms with Gasteiger partial charge in [0.2, 0.25) is 0 Å². The van der Waals surface area contributed by atoms with E-state index in [-0.39, 0.29) is 29.3 Å². The molecule has 6 aromatic rings. The second-order valence-electron chi connectivity index (χ2n) is 14.1. The molecule has 0 aliphatic heterocycles. The maximum absolute atomic E-state index is 14.5. The molecule has 0 radical (unpaired) electrons. The van der Waals surface area contributed by atoms with Crippen LogP contribution in [-0.2, 0) is 11.3 Å². The van der Waals surface area contributed by atoms with E-state index in [1.54, 1.807) is 39.0 Å². The average molecular weight is 722 g/mol. The van der Waals surface area contributed by atoms with Crippen molar-refractivity contribution >= 4 is 28.7 Å². The summed E-state index contributed by atoms with van der Waals surface area (Å²) in [4.78, 5) is 61.9. The molecule has 0 saturated heterocycles. The first-order valence-corrected chi connectivity index (χ1v) is 17.3. The molecule has 53 heavy (non-hydrogen) atoms. The first kappa shape index (κ1) is 35.2. The van der Waals surface area contributed by atoms with Crippen molar-refractivity contribution < 1.29 is 23.1 Å². The minimum absolute atomic E-state index is 0.0263. The highest BCUT2D eigenvalue weighted by Crippen LogP contribution is 2.29. The summed E-state index contributed by atoms with van der Waals surface area (Å²) in [6.45, 7) is 5.60. The van der Waals surface area contributed by atoms with Crippen LogP contribution in [0.3, 0.4) is 0 Å². The fourth-order valence-electron chi connectivity index (χ4n) is 6.72. The lowest BCUT2D eigenvalue weighted by molar-refractivity contribution is 0.0523. The van der Waals surface area contributed by atoms with E-state index in [0.29, 0.717) is 37.0 Å². The topological polar surface area (TPSA) is 142 Å². The molecule has 7 rings (SSSR count). The van der Waals surface area contributed by atoms with E-state index in [0.717, 1.165) is 29.0 Å². The minimum atomic E-state index is -0.710. The number of amides is 2. The number of aromatic nitrogens is 5. The summed E-state index contributed by atoms with van der Waals surface area (Å²) in [7, 11) is 0. The van der Waals surface area contributed by atoms with Crippen LogP contribution in [0.25, 0.3) is 33.5 Å². The summed E-state index contributed by atoms with van der Waals surface area (Å²) in [5, 5.41) is 5.69. The Kier molecular flexibility index (Phi) is 9.37. The summed E-state index contributed by atoms with van der Waals surface area (Å²) >= 11 is 0. The van der Waals surface area contributed by atoms with Crippen molar-refractivity contribution in [3.05, 3.63) is 129 Å². The molecule has 272 valence electrons. The van der Waals surface area contributed by atoms with Gasteiger partial charge in [0.05, 0.1) is 17.3 Å². The number of fused-ring (bicyclic) bond motifs is 2. The Balaban J connectivity index is 1.15. The molecule has 14 heteroatoms. The van der Waals surface area contributed by atoms with Crippen LogP contribution in [0.5, 0.6) is 0 Å². The quantitative estimate of drug-likeness (QED) is 0.204. The maximum atomic E-state index is 14.5. The van der Waals surface area contributed by atoms with Crippen molar-refractivity contribution in [2.75, 3.05) is 0 Å². The normalized spacial score (nSPS) is 16.1. The van der Waals surface area contributed by atoms with Crippen LogP contribution in [0, 0.1) is 11.6 Å². The average Bonchev–Trinajstić information content (AvgIpc) is 3.55. The summed E-state index contributed by atoms with van der Waals surface area (Å²) < 4.78 is 37.5. The van der Waals surface area contributed by atoms with Gasteiger partial charge in [-0.15, -0.1) is 0 Å². The van der Waals surface area contributed by atoms with E-state index in [1.165, 1.54) is 38.1 Å². The molecule has 0 bridgehead atoms. The standard InChI is InChI=1S/C39H37F2N7O5/c1-39(2,3)53-37(51)43-19-23-6-4-7-24(16-23)25-8-5-9-30(17-25)47-34-31(18-27(41)20-42-34)36(50)48(38(47)52)29-13-11-28(12-14-29)44-35(49)32-22-46-21-26(40)10-15-33(46)45-32/h4-10,15-18,20-22,28-29H,11-14,19H2,1-3H3,(H,43,51)(H,44,49)/t28-,29+. The largest absolute Gasteiger partial charge is 0.444 e. The number of halogens is 2. The number of carbonyl (C=O) groups is 2. The summed E-state index contributed by atoms with van der Waals surface area (Å²) in [5.41, 5.74) is 1.55. The van der Waals surface area contributed by atoms with Crippen LogP contribution in [0.2, 0.25) is 0 Å². The lowest BCUT2D eigenvalue weighted by Crippen LogP contribution is -2.45. The molecule has 4 heterocycles. The molecule has 1 aliphatic carbocycles. The van der Waals surface area contributed by atoms with Gasteiger partial charge in [0, 0.05) is 31.0 Å². The Labute approximate surface area is 302 Å². The lowest BCUT2D eigenvalue weighted by atomic mass is 9.90. The number of pyridine rings is 2. The van der Waals surface area contributed by atoms with E-state index < -0.39 is 46.5 Å². The third kappa shape index (κ3) is 7.57. The molecule has 2 N–H and O–H groups in total. The Morgan fingerprint density at radius 2 is 1.64 bits per heavy atom. The van der Waals surface area contributed by atoms with E-state index in [4.69, 9.17) is 4.74 Å². The van der Waals surface area contributed by atoms with Gasteiger partial charge >= 0.3 is 11.8 Å². The van der Waals surface area contributed by atoms with Crippen molar-refractivity contribution in [1.29, 1.82) is 0 Å². The summed E-state index contributed by atoms with van der Waals surface area (Å²) in [6.07, 6.45) is 4.87. The van der Waals surface area contributed by atoms with Gasteiger partial charge < -0.3 is 19.8 Å². The highest BCUT2D eigenvalue weighted by Gasteiger charge is 2.29. The molecule has 2 amide bonds. The van der Waals surface area contributed by atoms with E-state index in [9.17, 15) is 28.0 Å². The van der Waals surface area contributed by atoms with Gasteiger partial charge in [-0.1, -0.05) is 30.3 Å². The fourth-order valence-corrected chi connectivity index (χ4v) is 6.72. The number of hydrogen-bond donors (Lipinski definition) is 2. The zero-order valence-corrected chi connectivity index (χ0v) is 29.3. The molecule has 2 aromatic carbocycles. The molecule has 12 nitrogen and oxygen atoms in total. The first-order valence-electron chi connectivity index (χ1n) is 17.3. The molecule has 1 saturated carbocycles. The number of nitrogens with one attached hydrogen (secondary N) is 2. The van der Waals surface area contributed by atoms with Gasteiger partial charge in [0.25, 0.3) is 11.5 Å². The molecular weight excluding hydrogens is 684 g/mol. The number of nitrogens with zero attached hydrogens (tertiary/aromatic N) is 5. The summed E-state index contributed by atoms with van der Waals surface area (Å²) in [5.74, 6) is -1.57. The van der Waals surface area contributed by atoms with Crippen molar-refractivity contribution in [3.63, 3.8) is 0 Å². The van der Waals surface area contributed by atoms with Crippen LogP contribution in [-0.4, -0.2) is 47.1 Å². The smallest absolute Gasteiger partial charge is 0.407 e. The number of ether oxygens (including phenoxy) is 1. The SMILES string of the molecule is CC(C)(C)OC(=O)NCc1cccc(-c2cccc(-n3c(=O)n([C@H]4CC[C@@H](NC(=O)c5cn6cc(F)ccc6n5)CC4)c(=O)c4cc(F)cnc43)c2)c1. The first-order chi connectivity index (χ1) is 25.3. The predicted octanol–water partition coefficient (Wildman–Crippen LogP) is 6.08. The second kappa shape index (κ2) is 14.1. The van der Waals surface area contributed by atoms with Crippen molar-refractivity contribution in [1.82, 2.24) is 34.1 Å². The van der Waals surface area contributed by atoms with Gasteiger partial charge in [-0.05, 0) is 99.5 Å². The van der Waals surface area contributed by atoms with Crippen LogP contribution >= 0.6 is 0 Å². The maximum Gasteiger partial charge on any atom is 0.407 e. The van der Waals surface area contributed by atoms with Crippen molar-refractivity contribution in [2.45, 2.75) is 70.7 Å². The molecule has 0 atom stereocenters. The van der Waals surface area contributed by atoms with Gasteiger partial charge in [0.1, 0.15) is 28.6 Å². The molecule has 0 spiro atoms. The molecule has 1 fully saturated rings. The van der Waals surface area contributed by atoms with Gasteiger partial charge in [-0.3, -0.25) is 14.2 Å². The molecule has 4 aromatic heterocycles. The Morgan fingerprint density at radius 3 is 2.40 bits per heavy atom. The number of hydrogen-bond acceptors (Lipinski definition) is 7. The number of imidazole rings is 1. The third-order valence-corrected chi connectivity index (χ3v) is 9.14. The number of alkyl carbamates (subject to hydrolysis) is 1. The fraction of sp³-hybridized carbons (Fsp3) is 0.282. The van der Waals surface area contributed by atoms with Crippen molar-refractivity contribution in [3.8, 4) is 16.8 Å². The van der Waals surface area contributed by atoms with Crippen molar-refractivity contribution in [2.24, 2.45) is 0 Å². The zero-order chi connectivity index (χ0) is 37.4. The Bertz CT molecular complexity index is 2490. The lowest BCUT2D eigenvalue weighted by Gasteiger charge is -2.30. The summed E-state index contributed by atoms with van der Waals surface area (Å²) in [6, 6.07) is 17.8. The predicted molar refractivity (Wildman–Crippen MR) is 194 cm³/mol. The van der Waals surface area contributed by atoms with E-state index in [1.807, 2.05) is 30.3 Å². The zero-order valence-electron chi connectivity index (χ0n) is 29.3. The van der Waals surface area contributed by atoms with Crippen LogP contribution in [0.4, 0.5) is 13.6 Å². The number of benzene rings is 2. The van der Waals surface area contributed by atoms with Gasteiger partial charge in [-0.25, -0.2) is 32.9 Å². The van der Waals surface area contributed by atoms with Crippen LogP contribution in [0.15, 0.2) is 94.9 Å². The minimum Gasteiger partial charge on any atom is -0.444 e. The Morgan fingerprint density at radius 1 is 0.906 bits per heavy atom. The molecule has 0 unspecified atom stereocenters.